The second-order valence-electron chi connectivity index (χ2n) is 7.17. The molecule has 2 aromatic heterocycles. The van der Waals surface area contributed by atoms with Gasteiger partial charge in [0, 0.05) is 37.0 Å². The highest BCUT2D eigenvalue weighted by Gasteiger charge is 2.30. The molecule has 1 fully saturated rings. The number of nitrogens with one attached hydrogen (secondary N) is 1. The molecule has 8 heteroatoms. The quantitative estimate of drug-likeness (QED) is 0.712. The van der Waals surface area contributed by atoms with Gasteiger partial charge in [-0.05, 0) is 36.6 Å². The Hall–Kier alpha value is -2.87. The summed E-state index contributed by atoms with van der Waals surface area (Å²) >= 11 is 0. The average molecular weight is 403 g/mol. The number of rotatable bonds is 3. The van der Waals surface area contributed by atoms with Crippen LogP contribution in [0.25, 0.3) is 21.9 Å². The van der Waals surface area contributed by atoms with E-state index >= 15 is 0 Å². The maximum Gasteiger partial charge on any atom is 0.416 e. The van der Waals surface area contributed by atoms with Crippen LogP contribution in [0.1, 0.15) is 18.4 Å². The van der Waals surface area contributed by atoms with Crippen molar-refractivity contribution in [1.82, 2.24) is 9.55 Å². The van der Waals surface area contributed by atoms with E-state index in [1.54, 1.807) is 25.5 Å². The fourth-order valence-electron chi connectivity index (χ4n) is 3.57. The molecule has 0 radical (unpaired) electrons. The minimum absolute atomic E-state index is 0.0567. The number of benzene rings is 1. The standard InChI is InChI=1S/C21H20F3N3O2/c1-27-9-8-16-17(13-4-6-14(7-5-13)21(22,23)24)11-25-19(18(16)20(27)28)26-15-3-2-10-29-12-15/h4-9,11,15H,2-3,10,12H2,1H3,(H,25,26). The molecule has 29 heavy (non-hydrogen) atoms. The lowest BCUT2D eigenvalue weighted by atomic mass is 10.00. The van der Waals surface area contributed by atoms with E-state index in [1.807, 2.05) is 0 Å². The van der Waals surface area contributed by atoms with E-state index in [1.165, 1.54) is 16.7 Å². The van der Waals surface area contributed by atoms with Crippen molar-refractivity contribution in [2.45, 2.75) is 25.1 Å². The summed E-state index contributed by atoms with van der Waals surface area (Å²) in [6.07, 6.45) is 0.682. The molecule has 0 aliphatic carbocycles. The van der Waals surface area contributed by atoms with E-state index in [-0.39, 0.29) is 11.6 Å². The van der Waals surface area contributed by atoms with Crippen LogP contribution in [-0.2, 0) is 18.0 Å². The highest BCUT2D eigenvalue weighted by atomic mass is 19.4. The van der Waals surface area contributed by atoms with Gasteiger partial charge in [0.2, 0.25) is 0 Å². The zero-order valence-electron chi connectivity index (χ0n) is 15.8. The van der Waals surface area contributed by atoms with Crippen molar-refractivity contribution in [3.63, 3.8) is 0 Å². The highest BCUT2D eigenvalue weighted by Crippen LogP contribution is 2.34. The lowest BCUT2D eigenvalue weighted by Gasteiger charge is -2.24. The molecular weight excluding hydrogens is 383 g/mol. The normalized spacial score (nSPS) is 17.4. The zero-order chi connectivity index (χ0) is 20.6. The van der Waals surface area contributed by atoms with Crippen molar-refractivity contribution in [1.29, 1.82) is 0 Å². The molecule has 1 N–H and O–H groups in total. The third-order valence-electron chi connectivity index (χ3n) is 5.14. The number of anilines is 1. The summed E-state index contributed by atoms with van der Waals surface area (Å²) in [4.78, 5) is 17.3. The Balaban J connectivity index is 1.81. The monoisotopic (exact) mass is 403 g/mol. The molecule has 1 atom stereocenters. The van der Waals surface area contributed by atoms with Crippen LogP contribution in [0, 0.1) is 0 Å². The van der Waals surface area contributed by atoms with Crippen LogP contribution in [0.5, 0.6) is 0 Å². The molecule has 0 amide bonds. The number of pyridine rings is 2. The van der Waals surface area contributed by atoms with Gasteiger partial charge in [-0.15, -0.1) is 0 Å². The summed E-state index contributed by atoms with van der Waals surface area (Å²) in [5.41, 5.74) is 0.237. The van der Waals surface area contributed by atoms with E-state index in [2.05, 4.69) is 10.3 Å². The summed E-state index contributed by atoms with van der Waals surface area (Å²) in [5.74, 6) is 0.465. The van der Waals surface area contributed by atoms with Gasteiger partial charge in [0.15, 0.2) is 0 Å². The maximum atomic E-state index is 12.9. The van der Waals surface area contributed by atoms with Crippen molar-refractivity contribution in [2.24, 2.45) is 7.05 Å². The predicted molar refractivity (Wildman–Crippen MR) is 105 cm³/mol. The Bertz CT molecular complexity index is 1090. The minimum Gasteiger partial charge on any atom is -0.379 e. The van der Waals surface area contributed by atoms with Gasteiger partial charge in [0.25, 0.3) is 5.56 Å². The topological polar surface area (TPSA) is 56.1 Å². The molecule has 1 aliphatic heterocycles. The second-order valence-corrected chi connectivity index (χ2v) is 7.17. The van der Waals surface area contributed by atoms with Crippen molar-refractivity contribution in [3.05, 3.63) is 58.6 Å². The average Bonchev–Trinajstić information content (AvgIpc) is 2.71. The molecule has 0 saturated carbocycles. The van der Waals surface area contributed by atoms with Crippen LogP contribution >= 0.6 is 0 Å². The smallest absolute Gasteiger partial charge is 0.379 e. The van der Waals surface area contributed by atoms with Gasteiger partial charge >= 0.3 is 6.18 Å². The van der Waals surface area contributed by atoms with Crippen molar-refractivity contribution in [3.8, 4) is 11.1 Å². The first-order chi connectivity index (χ1) is 13.8. The predicted octanol–water partition coefficient (Wildman–Crippen LogP) is 4.21. The number of alkyl halides is 3. The SMILES string of the molecule is Cn1ccc2c(-c3ccc(C(F)(F)F)cc3)cnc(NC3CCCOC3)c2c1=O. The van der Waals surface area contributed by atoms with Gasteiger partial charge in [-0.1, -0.05) is 12.1 Å². The van der Waals surface area contributed by atoms with Crippen LogP contribution in [0.15, 0.2) is 47.5 Å². The highest BCUT2D eigenvalue weighted by molar-refractivity contribution is 6.01. The van der Waals surface area contributed by atoms with Gasteiger partial charge in [-0.3, -0.25) is 4.79 Å². The number of hydrogen-bond donors (Lipinski definition) is 1. The molecule has 1 aromatic carbocycles. The number of aromatic nitrogens is 2. The third kappa shape index (κ3) is 3.85. The number of aryl methyl sites for hydroxylation is 1. The Morgan fingerprint density at radius 2 is 1.97 bits per heavy atom. The first-order valence-electron chi connectivity index (χ1n) is 9.35. The summed E-state index contributed by atoms with van der Waals surface area (Å²) in [5, 5.41) is 4.36. The summed E-state index contributed by atoms with van der Waals surface area (Å²) in [6.45, 7) is 1.26. The number of nitrogens with zero attached hydrogens (tertiary/aromatic N) is 2. The largest absolute Gasteiger partial charge is 0.416 e. The van der Waals surface area contributed by atoms with Crippen molar-refractivity contribution in [2.75, 3.05) is 18.5 Å². The van der Waals surface area contributed by atoms with Crippen LogP contribution in [0.4, 0.5) is 19.0 Å². The van der Waals surface area contributed by atoms with E-state index in [4.69, 9.17) is 4.74 Å². The molecule has 4 rings (SSSR count). The lowest BCUT2D eigenvalue weighted by Crippen LogP contribution is -2.31. The summed E-state index contributed by atoms with van der Waals surface area (Å²) in [6, 6.07) is 6.72. The zero-order valence-corrected chi connectivity index (χ0v) is 15.8. The maximum absolute atomic E-state index is 12.9. The molecule has 1 unspecified atom stereocenters. The summed E-state index contributed by atoms with van der Waals surface area (Å²) < 4.78 is 45.6. The van der Waals surface area contributed by atoms with Crippen LogP contribution in [0.2, 0.25) is 0 Å². The number of ether oxygens (including phenoxy) is 1. The Labute approximate surface area is 165 Å². The third-order valence-corrected chi connectivity index (χ3v) is 5.14. The van der Waals surface area contributed by atoms with E-state index in [0.717, 1.165) is 31.6 Å². The number of fused-ring (bicyclic) bond motifs is 1. The molecular formula is C21H20F3N3O2. The van der Waals surface area contributed by atoms with Gasteiger partial charge < -0.3 is 14.6 Å². The molecule has 152 valence electrons. The molecule has 0 bridgehead atoms. The lowest BCUT2D eigenvalue weighted by molar-refractivity contribution is -0.137. The van der Waals surface area contributed by atoms with Gasteiger partial charge in [0.1, 0.15) is 5.82 Å². The van der Waals surface area contributed by atoms with Crippen molar-refractivity contribution >= 4 is 16.6 Å². The Morgan fingerprint density at radius 1 is 1.21 bits per heavy atom. The number of hydrogen-bond acceptors (Lipinski definition) is 4. The van der Waals surface area contributed by atoms with E-state index < -0.39 is 11.7 Å². The minimum atomic E-state index is -4.40. The Kier molecular flexibility index (Phi) is 5.04. The molecule has 0 spiro atoms. The van der Waals surface area contributed by atoms with Gasteiger partial charge in [-0.25, -0.2) is 4.98 Å². The summed E-state index contributed by atoms with van der Waals surface area (Å²) in [7, 11) is 1.65. The van der Waals surface area contributed by atoms with E-state index in [0.29, 0.717) is 34.3 Å². The second kappa shape index (κ2) is 7.51. The van der Waals surface area contributed by atoms with Crippen molar-refractivity contribution < 1.29 is 17.9 Å². The fraction of sp³-hybridized carbons (Fsp3) is 0.333. The molecule has 1 aliphatic rings. The molecule has 1 saturated heterocycles. The van der Waals surface area contributed by atoms with Crippen LogP contribution < -0.4 is 10.9 Å². The fourth-order valence-corrected chi connectivity index (χ4v) is 3.57. The first-order valence-corrected chi connectivity index (χ1v) is 9.35. The molecule has 3 heterocycles. The first kappa shape index (κ1) is 19.4. The Morgan fingerprint density at radius 3 is 2.62 bits per heavy atom. The van der Waals surface area contributed by atoms with Crippen LogP contribution in [0.3, 0.4) is 0 Å². The molecule has 5 nitrogen and oxygen atoms in total. The van der Waals surface area contributed by atoms with Gasteiger partial charge in [0.05, 0.1) is 23.6 Å². The molecule has 3 aromatic rings. The van der Waals surface area contributed by atoms with Gasteiger partial charge in [-0.2, -0.15) is 13.2 Å². The number of halogens is 3. The van der Waals surface area contributed by atoms with E-state index in [9.17, 15) is 18.0 Å². The van der Waals surface area contributed by atoms with Crippen LogP contribution in [-0.4, -0.2) is 28.8 Å².